The number of rotatable bonds is 4. The maximum atomic E-state index is 13.0. The third kappa shape index (κ3) is 3.05. The molecule has 20 heavy (non-hydrogen) atoms. The number of amides is 1. The van der Waals surface area contributed by atoms with Gasteiger partial charge in [0.1, 0.15) is 0 Å². The summed E-state index contributed by atoms with van der Waals surface area (Å²) in [4.78, 5) is 24.1. The van der Waals surface area contributed by atoms with Gasteiger partial charge in [0.15, 0.2) is 5.41 Å². The predicted octanol–water partition coefficient (Wildman–Crippen LogP) is 1.24. The van der Waals surface area contributed by atoms with E-state index in [2.05, 4.69) is 5.32 Å². The van der Waals surface area contributed by atoms with Gasteiger partial charge in [0.25, 0.3) is 0 Å². The van der Waals surface area contributed by atoms with E-state index >= 15 is 0 Å². The number of halogens is 3. The minimum atomic E-state index is -4.83. The standard InChI is InChI=1S/C12H19F3N2O3/c1-7(2)16-9(18)8(3)17-5-4-11(6-17,10(19)20)12(13,14)15/h7-8H,4-6H2,1-3H3,(H,16,18)(H,19,20). The van der Waals surface area contributed by atoms with Gasteiger partial charge in [0, 0.05) is 19.1 Å². The van der Waals surface area contributed by atoms with Gasteiger partial charge in [-0.2, -0.15) is 13.2 Å². The van der Waals surface area contributed by atoms with Crippen molar-refractivity contribution in [3.8, 4) is 0 Å². The molecule has 2 unspecified atom stereocenters. The fourth-order valence-corrected chi connectivity index (χ4v) is 2.27. The molecule has 1 saturated heterocycles. The quantitative estimate of drug-likeness (QED) is 0.819. The number of carboxylic acid groups (broad SMARTS) is 1. The molecular formula is C12H19F3N2O3. The number of carbonyl (C=O) groups excluding carboxylic acids is 1. The molecule has 1 aliphatic heterocycles. The van der Waals surface area contributed by atoms with Crippen LogP contribution in [-0.2, 0) is 9.59 Å². The first-order valence-corrected chi connectivity index (χ1v) is 6.36. The van der Waals surface area contributed by atoms with Crippen LogP contribution in [0.4, 0.5) is 13.2 Å². The van der Waals surface area contributed by atoms with E-state index in [1.54, 1.807) is 13.8 Å². The average Bonchev–Trinajstić information content (AvgIpc) is 2.72. The van der Waals surface area contributed by atoms with Gasteiger partial charge in [0.2, 0.25) is 5.91 Å². The highest BCUT2D eigenvalue weighted by atomic mass is 19.4. The summed E-state index contributed by atoms with van der Waals surface area (Å²) < 4.78 is 39.0. The molecule has 8 heteroatoms. The molecule has 116 valence electrons. The average molecular weight is 296 g/mol. The fourth-order valence-electron chi connectivity index (χ4n) is 2.27. The minimum absolute atomic E-state index is 0.0709. The topological polar surface area (TPSA) is 69.6 Å². The van der Waals surface area contributed by atoms with Crippen molar-refractivity contribution in [3.05, 3.63) is 0 Å². The molecule has 1 rings (SSSR count). The fraction of sp³-hybridized carbons (Fsp3) is 0.833. The summed E-state index contributed by atoms with van der Waals surface area (Å²) in [6, 6.07) is -0.916. The van der Waals surface area contributed by atoms with E-state index in [1.807, 2.05) is 0 Å². The van der Waals surface area contributed by atoms with E-state index in [0.29, 0.717) is 0 Å². The van der Waals surface area contributed by atoms with Crippen molar-refractivity contribution in [1.29, 1.82) is 0 Å². The molecule has 1 fully saturated rings. The zero-order valence-electron chi connectivity index (χ0n) is 11.6. The van der Waals surface area contributed by atoms with E-state index in [1.165, 1.54) is 11.8 Å². The molecular weight excluding hydrogens is 277 g/mol. The summed E-state index contributed by atoms with van der Waals surface area (Å²) in [5.74, 6) is -2.28. The van der Waals surface area contributed by atoms with Gasteiger partial charge < -0.3 is 10.4 Å². The third-order valence-corrected chi connectivity index (χ3v) is 3.61. The first-order chi connectivity index (χ1) is 9.01. The zero-order chi connectivity index (χ0) is 15.7. The van der Waals surface area contributed by atoms with Crippen LogP contribution in [0.15, 0.2) is 0 Å². The zero-order valence-corrected chi connectivity index (χ0v) is 11.6. The van der Waals surface area contributed by atoms with E-state index < -0.39 is 42.5 Å². The lowest BCUT2D eigenvalue weighted by atomic mass is 9.86. The van der Waals surface area contributed by atoms with Crippen LogP contribution >= 0.6 is 0 Å². The lowest BCUT2D eigenvalue weighted by Crippen LogP contribution is -2.51. The van der Waals surface area contributed by atoms with Crippen LogP contribution in [0.1, 0.15) is 27.2 Å². The van der Waals surface area contributed by atoms with Gasteiger partial charge in [-0.1, -0.05) is 0 Å². The summed E-state index contributed by atoms with van der Waals surface area (Å²) >= 11 is 0. The van der Waals surface area contributed by atoms with Crippen LogP contribution in [0, 0.1) is 5.41 Å². The molecule has 0 aromatic carbocycles. The molecule has 2 atom stereocenters. The molecule has 1 heterocycles. The normalized spacial score (nSPS) is 25.8. The van der Waals surface area contributed by atoms with Gasteiger partial charge in [0.05, 0.1) is 6.04 Å². The number of nitrogens with one attached hydrogen (secondary N) is 1. The maximum Gasteiger partial charge on any atom is 0.406 e. The van der Waals surface area contributed by atoms with Gasteiger partial charge >= 0.3 is 12.1 Å². The Balaban J connectivity index is 2.84. The van der Waals surface area contributed by atoms with Crippen LogP contribution in [0.3, 0.4) is 0 Å². The van der Waals surface area contributed by atoms with E-state index in [-0.39, 0.29) is 12.6 Å². The molecule has 0 saturated carbocycles. The molecule has 0 radical (unpaired) electrons. The Kier molecular flexibility index (Phi) is 4.68. The number of likely N-dealkylation sites (tertiary alicyclic amines) is 1. The maximum absolute atomic E-state index is 13.0. The SMILES string of the molecule is CC(C)NC(=O)C(C)N1CCC(C(=O)O)(C(F)(F)F)C1. The van der Waals surface area contributed by atoms with Crippen molar-refractivity contribution in [2.45, 2.75) is 45.5 Å². The monoisotopic (exact) mass is 296 g/mol. The van der Waals surface area contributed by atoms with E-state index in [9.17, 15) is 22.8 Å². The van der Waals surface area contributed by atoms with Crippen molar-refractivity contribution in [2.75, 3.05) is 13.1 Å². The summed E-state index contributed by atoms with van der Waals surface area (Å²) in [5, 5.41) is 11.5. The molecule has 5 nitrogen and oxygen atoms in total. The van der Waals surface area contributed by atoms with E-state index in [4.69, 9.17) is 5.11 Å². The summed E-state index contributed by atoms with van der Waals surface area (Å²) in [7, 11) is 0. The van der Waals surface area contributed by atoms with Crippen molar-refractivity contribution in [3.63, 3.8) is 0 Å². The molecule has 0 aromatic rings. The smallest absolute Gasteiger partial charge is 0.406 e. The number of hydrogen-bond acceptors (Lipinski definition) is 3. The second-order valence-corrected chi connectivity index (χ2v) is 5.44. The summed E-state index contributed by atoms with van der Waals surface area (Å²) in [6.45, 7) is 4.20. The Hall–Kier alpha value is -1.31. The Morgan fingerprint density at radius 1 is 1.30 bits per heavy atom. The first kappa shape index (κ1) is 16.7. The highest BCUT2D eigenvalue weighted by molar-refractivity contribution is 5.82. The van der Waals surface area contributed by atoms with Crippen LogP contribution in [0.25, 0.3) is 0 Å². The highest BCUT2D eigenvalue weighted by Gasteiger charge is 2.64. The van der Waals surface area contributed by atoms with Crippen molar-refractivity contribution in [2.24, 2.45) is 5.41 Å². The summed E-state index contributed by atoms with van der Waals surface area (Å²) in [6.07, 6.45) is -5.37. The second-order valence-electron chi connectivity index (χ2n) is 5.44. The Bertz CT molecular complexity index is 398. The number of carboxylic acids is 1. The molecule has 1 amide bonds. The van der Waals surface area contributed by atoms with Gasteiger partial charge in [-0.15, -0.1) is 0 Å². The number of hydrogen-bond donors (Lipinski definition) is 2. The van der Waals surface area contributed by atoms with Crippen molar-refractivity contribution >= 4 is 11.9 Å². The molecule has 1 aliphatic rings. The highest BCUT2D eigenvalue weighted by Crippen LogP contribution is 2.46. The predicted molar refractivity (Wildman–Crippen MR) is 65.1 cm³/mol. The van der Waals surface area contributed by atoms with E-state index in [0.717, 1.165) is 0 Å². The van der Waals surface area contributed by atoms with Gasteiger partial charge in [-0.05, 0) is 27.2 Å². The molecule has 0 aromatic heterocycles. The van der Waals surface area contributed by atoms with Gasteiger partial charge in [-0.3, -0.25) is 14.5 Å². The van der Waals surface area contributed by atoms with Crippen LogP contribution in [0.5, 0.6) is 0 Å². The third-order valence-electron chi connectivity index (χ3n) is 3.61. The molecule has 0 bridgehead atoms. The molecule has 0 aliphatic carbocycles. The number of carbonyl (C=O) groups is 2. The van der Waals surface area contributed by atoms with Crippen LogP contribution < -0.4 is 5.32 Å². The number of nitrogens with zero attached hydrogens (tertiary/aromatic N) is 1. The number of aliphatic carboxylic acids is 1. The minimum Gasteiger partial charge on any atom is -0.481 e. The second kappa shape index (κ2) is 5.59. The van der Waals surface area contributed by atoms with Crippen molar-refractivity contribution in [1.82, 2.24) is 10.2 Å². The molecule has 2 N–H and O–H groups in total. The Morgan fingerprint density at radius 2 is 1.85 bits per heavy atom. The Morgan fingerprint density at radius 3 is 2.20 bits per heavy atom. The first-order valence-electron chi connectivity index (χ1n) is 6.36. The Labute approximate surface area is 115 Å². The lowest BCUT2D eigenvalue weighted by Gasteiger charge is -2.29. The van der Waals surface area contributed by atoms with Crippen molar-refractivity contribution < 1.29 is 27.9 Å². The van der Waals surface area contributed by atoms with Gasteiger partial charge in [-0.25, -0.2) is 0 Å². The van der Waals surface area contributed by atoms with Crippen LogP contribution in [0.2, 0.25) is 0 Å². The van der Waals surface area contributed by atoms with Crippen LogP contribution in [-0.4, -0.2) is 53.2 Å². The summed E-state index contributed by atoms with van der Waals surface area (Å²) in [5.41, 5.74) is -2.78. The largest absolute Gasteiger partial charge is 0.481 e. The molecule has 0 spiro atoms. The number of alkyl halides is 3. The lowest BCUT2D eigenvalue weighted by molar-refractivity contribution is -0.227.